The Morgan fingerprint density at radius 3 is 2.95 bits per heavy atom. The normalized spacial score (nSPS) is 11.0. The molecule has 0 radical (unpaired) electrons. The highest BCUT2D eigenvalue weighted by Crippen LogP contribution is 2.23. The average molecular weight is 259 g/mol. The first-order chi connectivity index (χ1) is 9.22. The van der Waals surface area contributed by atoms with Crippen molar-refractivity contribution in [2.45, 2.75) is 13.3 Å². The second-order valence-electron chi connectivity index (χ2n) is 4.13. The number of benzene rings is 1. The zero-order valence-corrected chi connectivity index (χ0v) is 10.4. The number of hydrogen-bond donors (Lipinski definition) is 2. The standard InChI is InChI=1S/C12H13N5O2/c1-7-15-10(19-17-7)5-6-14-12-16-11-8(13)3-2-4-9(11)18-12/h2-4H,5-6,13H2,1H3,(H,14,16). The number of nitrogens with zero attached hydrogens (tertiary/aromatic N) is 3. The molecule has 0 spiro atoms. The average Bonchev–Trinajstić information content (AvgIpc) is 2.97. The summed E-state index contributed by atoms with van der Waals surface area (Å²) >= 11 is 0. The molecule has 3 aromatic rings. The minimum absolute atomic E-state index is 0.434. The smallest absolute Gasteiger partial charge is 0.295 e. The second kappa shape index (κ2) is 4.60. The van der Waals surface area contributed by atoms with Crippen molar-refractivity contribution in [3.8, 4) is 0 Å². The monoisotopic (exact) mass is 259 g/mol. The van der Waals surface area contributed by atoms with Gasteiger partial charge in [-0.25, -0.2) is 0 Å². The van der Waals surface area contributed by atoms with Gasteiger partial charge >= 0.3 is 0 Å². The van der Waals surface area contributed by atoms with Crippen LogP contribution in [0, 0.1) is 6.92 Å². The van der Waals surface area contributed by atoms with Gasteiger partial charge in [-0.1, -0.05) is 11.2 Å². The molecule has 0 atom stereocenters. The third kappa shape index (κ3) is 2.35. The second-order valence-corrected chi connectivity index (χ2v) is 4.13. The maximum Gasteiger partial charge on any atom is 0.295 e. The molecule has 2 heterocycles. The summed E-state index contributed by atoms with van der Waals surface area (Å²) in [6, 6.07) is 5.87. The van der Waals surface area contributed by atoms with Crippen LogP contribution in [0.25, 0.3) is 11.1 Å². The number of nitrogens with two attached hydrogens (primary N) is 1. The topological polar surface area (TPSA) is 103 Å². The molecule has 19 heavy (non-hydrogen) atoms. The van der Waals surface area contributed by atoms with E-state index in [-0.39, 0.29) is 0 Å². The van der Waals surface area contributed by atoms with E-state index < -0.39 is 0 Å². The highest BCUT2D eigenvalue weighted by atomic mass is 16.5. The Labute approximate surface area is 108 Å². The molecule has 98 valence electrons. The van der Waals surface area contributed by atoms with E-state index in [9.17, 15) is 0 Å². The molecule has 0 aliphatic carbocycles. The molecule has 7 nitrogen and oxygen atoms in total. The van der Waals surface area contributed by atoms with Crippen LogP contribution < -0.4 is 11.1 Å². The minimum Gasteiger partial charge on any atom is -0.423 e. The van der Waals surface area contributed by atoms with E-state index in [1.54, 1.807) is 13.0 Å². The van der Waals surface area contributed by atoms with E-state index in [0.29, 0.717) is 47.5 Å². The maximum absolute atomic E-state index is 5.81. The van der Waals surface area contributed by atoms with E-state index in [1.165, 1.54) is 0 Å². The van der Waals surface area contributed by atoms with Crippen LogP contribution in [0.15, 0.2) is 27.1 Å². The number of anilines is 2. The molecule has 2 aromatic heterocycles. The summed E-state index contributed by atoms with van der Waals surface area (Å²) in [5, 5.41) is 6.78. The summed E-state index contributed by atoms with van der Waals surface area (Å²) in [5.41, 5.74) is 7.74. The van der Waals surface area contributed by atoms with Crippen molar-refractivity contribution in [3.63, 3.8) is 0 Å². The highest BCUT2D eigenvalue weighted by Gasteiger charge is 2.08. The number of oxazole rings is 1. The van der Waals surface area contributed by atoms with Gasteiger partial charge in [0, 0.05) is 13.0 Å². The first kappa shape index (κ1) is 11.5. The van der Waals surface area contributed by atoms with Gasteiger partial charge in [0.2, 0.25) is 5.89 Å². The van der Waals surface area contributed by atoms with Crippen LogP contribution in [0.5, 0.6) is 0 Å². The van der Waals surface area contributed by atoms with Crippen molar-refractivity contribution in [2.75, 3.05) is 17.6 Å². The quantitative estimate of drug-likeness (QED) is 0.688. The predicted octanol–water partition coefficient (Wildman–Crippen LogP) is 1.76. The third-order valence-electron chi connectivity index (χ3n) is 2.63. The molecule has 1 aromatic carbocycles. The number of nitrogen functional groups attached to an aromatic ring is 1. The summed E-state index contributed by atoms with van der Waals surface area (Å²) in [5.74, 6) is 1.21. The van der Waals surface area contributed by atoms with Gasteiger partial charge in [0.15, 0.2) is 11.4 Å². The van der Waals surface area contributed by atoms with Crippen molar-refractivity contribution in [2.24, 2.45) is 0 Å². The molecule has 0 saturated heterocycles. The third-order valence-corrected chi connectivity index (χ3v) is 2.63. The van der Waals surface area contributed by atoms with Crippen LogP contribution in [0.2, 0.25) is 0 Å². The van der Waals surface area contributed by atoms with Gasteiger partial charge < -0.3 is 20.0 Å². The Bertz CT molecular complexity index is 703. The number of fused-ring (bicyclic) bond motifs is 1. The number of aryl methyl sites for hydroxylation is 1. The van der Waals surface area contributed by atoms with Crippen LogP contribution in [-0.4, -0.2) is 21.7 Å². The minimum atomic E-state index is 0.434. The summed E-state index contributed by atoms with van der Waals surface area (Å²) in [7, 11) is 0. The van der Waals surface area contributed by atoms with Crippen LogP contribution in [0.3, 0.4) is 0 Å². The van der Waals surface area contributed by atoms with Gasteiger partial charge in [0.25, 0.3) is 6.01 Å². The molecule has 0 aliphatic rings. The van der Waals surface area contributed by atoms with Gasteiger partial charge in [-0.15, -0.1) is 0 Å². The summed E-state index contributed by atoms with van der Waals surface area (Å²) in [6.07, 6.45) is 0.606. The first-order valence-electron chi connectivity index (χ1n) is 5.90. The summed E-state index contributed by atoms with van der Waals surface area (Å²) in [6.45, 7) is 2.37. The zero-order chi connectivity index (χ0) is 13.2. The molecule has 7 heteroatoms. The van der Waals surface area contributed by atoms with E-state index >= 15 is 0 Å². The van der Waals surface area contributed by atoms with Crippen LogP contribution >= 0.6 is 0 Å². The van der Waals surface area contributed by atoms with Crippen LogP contribution in [-0.2, 0) is 6.42 Å². The highest BCUT2D eigenvalue weighted by molar-refractivity contribution is 5.86. The number of rotatable bonds is 4. The lowest BCUT2D eigenvalue weighted by Gasteiger charge is -1.96. The van der Waals surface area contributed by atoms with Crippen molar-refractivity contribution in [1.29, 1.82) is 0 Å². The summed E-state index contributed by atoms with van der Waals surface area (Å²) in [4.78, 5) is 8.39. The molecule has 0 fully saturated rings. The molecule has 0 bridgehead atoms. The Morgan fingerprint density at radius 2 is 2.21 bits per heavy atom. The van der Waals surface area contributed by atoms with E-state index in [4.69, 9.17) is 14.7 Å². The molecule has 0 saturated carbocycles. The van der Waals surface area contributed by atoms with E-state index in [2.05, 4.69) is 20.4 Å². The molecule has 3 N–H and O–H groups in total. The fourth-order valence-corrected chi connectivity index (χ4v) is 1.76. The number of nitrogens with one attached hydrogen (secondary N) is 1. The molecule has 0 amide bonds. The Morgan fingerprint density at radius 1 is 1.32 bits per heavy atom. The van der Waals surface area contributed by atoms with E-state index in [0.717, 1.165) is 0 Å². The Balaban J connectivity index is 1.67. The Hall–Kier alpha value is -2.57. The van der Waals surface area contributed by atoms with Crippen molar-refractivity contribution in [3.05, 3.63) is 29.9 Å². The molecular formula is C12H13N5O2. The SMILES string of the molecule is Cc1noc(CCNc2nc3c(N)cccc3o2)n1. The van der Waals surface area contributed by atoms with Crippen molar-refractivity contribution >= 4 is 22.8 Å². The first-order valence-corrected chi connectivity index (χ1v) is 5.90. The van der Waals surface area contributed by atoms with Gasteiger partial charge in [-0.3, -0.25) is 0 Å². The van der Waals surface area contributed by atoms with Crippen molar-refractivity contribution in [1.82, 2.24) is 15.1 Å². The number of hydrogen-bond acceptors (Lipinski definition) is 7. The number of para-hydroxylation sites is 1. The van der Waals surface area contributed by atoms with Gasteiger partial charge in [-0.2, -0.15) is 9.97 Å². The number of aromatic nitrogens is 3. The van der Waals surface area contributed by atoms with Gasteiger partial charge in [0.05, 0.1) is 5.69 Å². The fraction of sp³-hybridized carbons (Fsp3) is 0.250. The maximum atomic E-state index is 5.81. The van der Waals surface area contributed by atoms with Crippen LogP contribution in [0.1, 0.15) is 11.7 Å². The Kier molecular flexibility index (Phi) is 2.79. The van der Waals surface area contributed by atoms with Crippen LogP contribution in [0.4, 0.5) is 11.7 Å². The summed E-state index contributed by atoms with van der Waals surface area (Å²) < 4.78 is 10.5. The lowest BCUT2D eigenvalue weighted by atomic mass is 10.3. The lowest BCUT2D eigenvalue weighted by molar-refractivity contribution is 0.376. The largest absolute Gasteiger partial charge is 0.423 e. The zero-order valence-electron chi connectivity index (χ0n) is 10.4. The molecule has 0 aliphatic heterocycles. The van der Waals surface area contributed by atoms with Crippen molar-refractivity contribution < 1.29 is 8.94 Å². The molecule has 3 rings (SSSR count). The predicted molar refractivity (Wildman–Crippen MR) is 69.7 cm³/mol. The van der Waals surface area contributed by atoms with E-state index in [1.807, 2.05) is 12.1 Å². The lowest BCUT2D eigenvalue weighted by Crippen LogP contribution is -2.05. The molecular weight excluding hydrogens is 246 g/mol. The van der Waals surface area contributed by atoms with Gasteiger partial charge in [0.1, 0.15) is 5.52 Å². The molecule has 0 unspecified atom stereocenters. The van der Waals surface area contributed by atoms with Gasteiger partial charge in [-0.05, 0) is 19.1 Å². The fourth-order valence-electron chi connectivity index (χ4n) is 1.76.